The van der Waals surface area contributed by atoms with E-state index in [-0.39, 0.29) is 11.8 Å². The van der Waals surface area contributed by atoms with Crippen LogP contribution >= 0.6 is 0 Å². The molecule has 0 aliphatic rings. The van der Waals surface area contributed by atoms with Crippen LogP contribution in [0, 0.1) is 27.7 Å². The summed E-state index contributed by atoms with van der Waals surface area (Å²) in [7, 11) is 0. The van der Waals surface area contributed by atoms with Gasteiger partial charge in [-0.15, -0.1) is 15.3 Å². The van der Waals surface area contributed by atoms with E-state index in [1.807, 2.05) is 26.0 Å². The highest BCUT2D eigenvalue weighted by molar-refractivity contribution is 5.83. The standard InChI is InChI=1S/C16H17N7O2/c1-8-5-6-12(7-9(8)2)23-11(4)13(10(3)22-23)18-20-16-17-14(15(24)25)19-21-16/h5-7H,1-4H3,(H,24,25)(H,17,19,21). The van der Waals surface area contributed by atoms with Crippen molar-refractivity contribution in [3.8, 4) is 5.69 Å². The summed E-state index contributed by atoms with van der Waals surface area (Å²) in [6.07, 6.45) is 0. The Kier molecular flexibility index (Phi) is 4.14. The fourth-order valence-electron chi connectivity index (χ4n) is 2.38. The van der Waals surface area contributed by atoms with Crippen molar-refractivity contribution in [2.45, 2.75) is 27.7 Å². The van der Waals surface area contributed by atoms with Gasteiger partial charge in [0.15, 0.2) is 0 Å². The van der Waals surface area contributed by atoms with Crippen LogP contribution in [0.3, 0.4) is 0 Å². The normalized spacial score (nSPS) is 11.4. The molecule has 0 radical (unpaired) electrons. The fourth-order valence-corrected chi connectivity index (χ4v) is 2.38. The van der Waals surface area contributed by atoms with E-state index >= 15 is 0 Å². The third-order valence-electron chi connectivity index (χ3n) is 3.90. The Morgan fingerprint density at radius 2 is 1.92 bits per heavy atom. The van der Waals surface area contributed by atoms with Crippen molar-refractivity contribution in [2.24, 2.45) is 10.2 Å². The Morgan fingerprint density at radius 1 is 1.16 bits per heavy atom. The summed E-state index contributed by atoms with van der Waals surface area (Å²) in [5, 5.41) is 27.3. The highest BCUT2D eigenvalue weighted by atomic mass is 16.4. The minimum Gasteiger partial charge on any atom is -0.475 e. The van der Waals surface area contributed by atoms with E-state index in [4.69, 9.17) is 5.11 Å². The van der Waals surface area contributed by atoms with Crippen LogP contribution in [0.4, 0.5) is 11.6 Å². The molecule has 3 rings (SSSR count). The number of H-pyrrole nitrogens is 1. The van der Waals surface area contributed by atoms with E-state index in [1.165, 1.54) is 11.1 Å². The molecule has 9 heteroatoms. The second-order valence-electron chi connectivity index (χ2n) is 5.69. The molecule has 0 amide bonds. The van der Waals surface area contributed by atoms with Crippen LogP contribution in [-0.2, 0) is 0 Å². The maximum atomic E-state index is 10.8. The average Bonchev–Trinajstić information content (AvgIpc) is 3.14. The van der Waals surface area contributed by atoms with E-state index in [0.29, 0.717) is 11.4 Å². The van der Waals surface area contributed by atoms with E-state index in [2.05, 4.69) is 50.4 Å². The van der Waals surface area contributed by atoms with Crippen LogP contribution in [0.25, 0.3) is 5.69 Å². The van der Waals surface area contributed by atoms with Gasteiger partial charge in [0.2, 0.25) is 5.82 Å². The summed E-state index contributed by atoms with van der Waals surface area (Å²) in [5.74, 6) is -1.53. The lowest BCUT2D eigenvalue weighted by atomic mass is 10.1. The number of benzene rings is 1. The van der Waals surface area contributed by atoms with Crippen LogP contribution in [0.2, 0.25) is 0 Å². The molecule has 0 aliphatic carbocycles. The Bertz CT molecular complexity index is 985. The summed E-state index contributed by atoms with van der Waals surface area (Å²) < 4.78 is 1.80. The molecule has 9 nitrogen and oxygen atoms in total. The number of hydrogen-bond donors (Lipinski definition) is 2. The molecule has 2 N–H and O–H groups in total. The topological polar surface area (TPSA) is 121 Å². The highest BCUT2D eigenvalue weighted by Gasteiger charge is 2.14. The van der Waals surface area contributed by atoms with Crippen LogP contribution in [0.15, 0.2) is 28.4 Å². The highest BCUT2D eigenvalue weighted by Crippen LogP contribution is 2.27. The van der Waals surface area contributed by atoms with Crippen molar-refractivity contribution in [1.29, 1.82) is 0 Å². The van der Waals surface area contributed by atoms with Gasteiger partial charge in [0.05, 0.1) is 17.1 Å². The third-order valence-corrected chi connectivity index (χ3v) is 3.90. The zero-order valence-corrected chi connectivity index (χ0v) is 14.3. The second kappa shape index (κ2) is 6.27. The van der Waals surface area contributed by atoms with Crippen LogP contribution < -0.4 is 0 Å². The van der Waals surface area contributed by atoms with Crippen LogP contribution in [0.1, 0.15) is 33.1 Å². The molecular weight excluding hydrogens is 322 g/mol. The number of aromatic amines is 1. The lowest BCUT2D eigenvalue weighted by Crippen LogP contribution is -1.99. The number of azo groups is 1. The molecule has 2 heterocycles. The van der Waals surface area contributed by atoms with Crippen LogP contribution in [0.5, 0.6) is 0 Å². The Labute approximate surface area is 143 Å². The van der Waals surface area contributed by atoms with Crippen molar-refractivity contribution in [3.05, 3.63) is 46.5 Å². The van der Waals surface area contributed by atoms with Gasteiger partial charge < -0.3 is 5.11 Å². The number of aryl methyl sites for hydroxylation is 3. The summed E-state index contributed by atoms with van der Waals surface area (Å²) in [5.41, 5.74) is 5.45. The van der Waals surface area contributed by atoms with E-state index in [9.17, 15) is 4.79 Å². The van der Waals surface area contributed by atoms with Gasteiger partial charge in [-0.2, -0.15) is 10.1 Å². The van der Waals surface area contributed by atoms with Crippen LogP contribution in [-0.4, -0.2) is 36.0 Å². The molecular formula is C16H17N7O2. The zero-order chi connectivity index (χ0) is 18.1. The lowest BCUT2D eigenvalue weighted by Gasteiger charge is -2.07. The molecule has 128 valence electrons. The first kappa shape index (κ1) is 16.5. The van der Waals surface area contributed by atoms with Gasteiger partial charge in [-0.05, 0) is 51.0 Å². The Morgan fingerprint density at radius 3 is 2.56 bits per heavy atom. The number of carboxylic acids is 1. The zero-order valence-electron chi connectivity index (χ0n) is 14.3. The molecule has 0 saturated carbocycles. The monoisotopic (exact) mass is 339 g/mol. The number of carboxylic acid groups (broad SMARTS) is 1. The molecule has 2 aromatic heterocycles. The van der Waals surface area contributed by atoms with Gasteiger partial charge in [-0.25, -0.2) is 9.48 Å². The summed E-state index contributed by atoms with van der Waals surface area (Å²) in [6, 6.07) is 6.10. The second-order valence-corrected chi connectivity index (χ2v) is 5.69. The van der Waals surface area contributed by atoms with E-state index in [0.717, 1.165) is 11.4 Å². The number of rotatable bonds is 4. The van der Waals surface area contributed by atoms with E-state index < -0.39 is 5.97 Å². The first-order valence-electron chi connectivity index (χ1n) is 7.58. The van der Waals surface area contributed by atoms with E-state index in [1.54, 1.807) is 4.68 Å². The molecule has 0 aliphatic heterocycles. The number of carbonyl (C=O) groups is 1. The fraction of sp³-hybridized carbons (Fsp3) is 0.250. The largest absolute Gasteiger partial charge is 0.475 e. The Hall–Kier alpha value is -3.36. The van der Waals surface area contributed by atoms with Gasteiger partial charge in [0.25, 0.3) is 5.95 Å². The molecule has 25 heavy (non-hydrogen) atoms. The van der Waals surface area contributed by atoms with Gasteiger partial charge in [-0.1, -0.05) is 6.07 Å². The van der Waals surface area contributed by atoms with Gasteiger partial charge in [-0.3, -0.25) is 5.10 Å². The molecule has 0 unspecified atom stereocenters. The quantitative estimate of drug-likeness (QED) is 0.706. The minimum absolute atomic E-state index is 0.0462. The molecule has 0 saturated heterocycles. The first-order valence-corrected chi connectivity index (χ1v) is 7.58. The Balaban J connectivity index is 1.95. The first-order chi connectivity index (χ1) is 11.9. The SMILES string of the molecule is Cc1ccc(-n2nc(C)c(N=Nc3n[nH]c(C(=O)O)n3)c2C)cc1C. The number of nitrogens with one attached hydrogen (secondary N) is 1. The van der Waals surface area contributed by atoms with Crippen molar-refractivity contribution < 1.29 is 9.90 Å². The van der Waals surface area contributed by atoms with Gasteiger partial charge in [0, 0.05) is 0 Å². The van der Waals surface area contributed by atoms with Gasteiger partial charge >= 0.3 is 5.97 Å². The number of aromatic nitrogens is 5. The summed E-state index contributed by atoms with van der Waals surface area (Å²) >= 11 is 0. The molecule has 3 aromatic rings. The van der Waals surface area contributed by atoms with Gasteiger partial charge in [0.1, 0.15) is 5.69 Å². The van der Waals surface area contributed by atoms with Crippen molar-refractivity contribution in [1.82, 2.24) is 25.0 Å². The number of hydrogen-bond acceptors (Lipinski definition) is 6. The summed E-state index contributed by atoms with van der Waals surface area (Å²) in [6.45, 7) is 7.83. The summed E-state index contributed by atoms with van der Waals surface area (Å²) in [4.78, 5) is 14.5. The smallest absolute Gasteiger partial charge is 0.373 e. The lowest BCUT2D eigenvalue weighted by molar-refractivity contribution is 0.0684. The predicted molar refractivity (Wildman–Crippen MR) is 90.0 cm³/mol. The molecule has 1 aromatic carbocycles. The molecule has 0 bridgehead atoms. The molecule has 0 fully saturated rings. The maximum Gasteiger partial charge on any atom is 0.373 e. The average molecular weight is 339 g/mol. The molecule has 0 spiro atoms. The number of aromatic carboxylic acids is 1. The third kappa shape index (κ3) is 3.16. The maximum absolute atomic E-state index is 10.8. The molecule has 0 atom stereocenters. The predicted octanol–water partition coefficient (Wildman–Crippen LogP) is 3.34. The number of nitrogens with zero attached hydrogens (tertiary/aromatic N) is 6. The minimum atomic E-state index is -1.20. The van der Waals surface area contributed by atoms with Crippen molar-refractivity contribution >= 4 is 17.6 Å². The van der Waals surface area contributed by atoms with Crippen molar-refractivity contribution in [3.63, 3.8) is 0 Å². The van der Waals surface area contributed by atoms with Crippen molar-refractivity contribution in [2.75, 3.05) is 0 Å².